The lowest BCUT2D eigenvalue weighted by molar-refractivity contribution is 0.0501. The van der Waals surface area contributed by atoms with Crippen LogP contribution in [0.15, 0.2) is 16.8 Å². The van der Waals surface area contributed by atoms with Gasteiger partial charge in [0.05, 0.1) is 12.1 Å². The second kappa shape index (κ2) is 6.41. The summed E-state index contributed by atoms with van der Waals surface area (Å²) in [6.07, 6.45) is 0.541. The van der Waals surface area contributed by atoms with Crippen molar-refractivity contribution in [1.29, 1.82) is 5.26 Å². The molecular formula is C13H18N2O2S. The molecule has 1 amide bonds. The Balaban J connectivity index is 2.62. The number of amides is 1. The third kappa shape index (κ3) is 5.19. The first-order valence-corrected chi connectivity index (χ1v) is 6.75. The van der Waals surface area contributed by atoms with Gasteiger partial charge in [-0.15, -0.1) is 0 Å². The van der Waals surface area contributed by atoms with Gasteiger partial charge in [0.1, 0.15) is 5.60 Å². The Bertz CT molecular complexity index is 415. The van der Waals surface area contributed by atoms with E-state index in [1.165, 1.54) is 0 Å². The molecule has 0 fully saturated rings. The zero-order chi connectivity index (χ0) is 13.6. The van der Waals surface area contributed by atoms with Crippen molar-refractivity contribution in [2.75, 3.05) is 0 Å². The van der Waals surface area contributed by atoms with Crippen molar-refractivity contribution >= 4 is 17.4 Å². The summed E-state index contributed by atoms with van der Waals surface area (Å²) in [4.78, 5) is 11.7. The zero-order valence-electron chi connectivity index (χ0n) is 10.9. The van der Waals surface area contributed by atoms with E-state index in [9.17, 15) is 4.79 Å². The second-order valence-corrected chi connectivity index (χ2v) is 5.73. The van der Waals surface area contributed by atoms with Crippen molar-refractivity contribution in [2.24, 2.45) is 0 Å². The molecule has 5 heteroatoms. The molecule has 1 rings (SSSR count). The summed E-state index contributed by atoms with van der Waals surface area (Å²) in [5.74, 6) is 0. The van der Waals surface area contributed by atoms with Crippen LogP contribution < -0.4 is 5.32 Å². The summed E-state index contributed by atoms with van der Waals surface area (Å²) >= 11 is 1.57. The fraction of sp³-hybridized carbons (Fsp3) is 0.538. The van der Waals surface area contributed by atoms with Crippen molar-refractivity contribution in [2.45, 2.75) is 45.3 Å². The number of thiophene rings is 1. The molecule has 0 aliphatic rings. The molecule has 1 heterocycles. The number of nitrogens with zero attached hydrogens (tertiary/aromatic N) is 1. The topological polar surface area (TPSA) is 62.1 Å². The predicted molar refractivity (Wildman–Crippen MR) is 71.3 cm³/mol. The summed E-state index contributed by atoms with van der Waals surface area (Å²) < 4.78 is 5.22. The highest BCUT2D eigenvalue weighted by Gasteiger charge is 2.20. The minimum atomic E-state index is -0.515. The number of carbonyl (C=O) groups excluding carboxylic acids is 1. The molecule has 0 aromatic carbocycles. The van der Waals surface area contributed by atoms with Crippen LogP contribution in [0.25, 0.3) is 0 Å². The normalized spacial score (nSPS) is 12.6. The third-order valence-electron chi connectivity index (χ3n) is 2.18. The number of alkyl carbamates (subject to hydrolysis) is 1. The molecule has 18 heavy (non-hydrogen) atoms. The van der Waals surface area contributed by atoms with Crippen molar-refractivity contribution in [3.63, 3.8) is 0 Å². The largest absolute Gasteiger partial charge is 0.444 e. The van der Waals surface area contributed by atoms with E-state index < -0.39 is 11.7 Å². The molecule has 1 aromatic heterocycles. The molecule has 0 aliphatic heterocycles. The molecule has 0 aliphatic carbocycles. The third-order valence-corrected chi connectivity index (χ3v) is 2.88. The van der Waals surface area contributed by atoms with Gasteiger partial charge in [0.25, 0.3) is 0 Å². The molecule has 1 aromatic rings. The summed E-state index contributed by atoms with van der Waals surface area (Å²) in [5, 5.41) is 15.4. The first-order chi connectivity index (χ1) is 8.42. The lowest BCUT2D eigenvalue weighted by atomic mass is 10.1. The summed E-state index contributed by atoms with van der Waals surface area (Å²) in [6.45, 7) is 5.46. The zero-order valence-corrected chi connectivity index (χ0v) is 11.7. The molecule has 1 unspecified atom stereocenters. The summed E-state index contributed by atoms with van der Waals surface area (Å²) in [5.41, 5.74) is 0.500. The average molecular weight is 266 g/mol. The molecule has 98 valence electrons. The van der Waals surface area contributed by atoms with Gasteiger partial charge in [0.15, 0.2) is 0 Å². The standard InChI is InChI=1S/C13H18N2O2S/c1-13(2,3)17-12(16)15-11(5-4-7-14)10-6-8-18-9-10/h6,8-9,11H,4-5H2,1-3H3,(H,15,16). The Morgan fingerprint density at radius 2 is 2.33 bits per heavy atom. The second-order valence-electron chi connectivity index (χ2n) is 4.95. The van der Waals surface area contributed by atoms with Crippen LogP contribution in [0, 0.1) is 11.3 Å². The Morgan fingerprint density at radius 1 is 1.61 bits per heavy atom. The lowest BCUT2D eigenvalue weighted by Gasteiger charge is -2.23. The van der Waals surface area contributed by atoms with E-state index in [2.05, 4.69) is 11.4 Å². The van der Waals surface area contributed by atoms with E-state index in [0.717, 1.165) is 5.56 Å². The van der Waals surface area contributed by atoms with Crippen LogP contribution in [-0.4, -0.2) is 11.7 Å². The molecule has 0 bridgehead atoms. The Morgan fingerprint density at radius 3 is 2.83 bits per heavy atom. The number of nitrogens with one attached hydrogen (secondary N) is 1. The number of rotatable bonds is 4. The first kappa shape index (κ1) is 14.5. The van der Waals surface area contributed by atoms with Gasteiger partial charge in [0.2, 0.25) is 0 Å². The fourth-order valence-electron chi connectivity index (χ4n) is 1.45. The fourth-order valence-corrected chi connectivity index (χ4v) is 2.17. The van der Waals surface area contributed by atoms with Gasteiger partial charge >= 0.3 is 6.09 Å². The van der Waals surface area contributed by atoms with Gasteiger partial charge in [-0.3, -0.25) is 0 Å². The molecule has 1 N–H and O–H groups in total. The molecule has 0 saturated carbocycles. The smallest absolute Gasteiger partial charge is 0.408 e. The van der Waals surface area contributed by atoms with Crippen molar-refractivity contribution < 1.29 is 9.53 Å². The molecule has 0 saturated heterocycles. The maximum absolute atomic E-state index is 11.7. The van der Waals surface area contributed by atoms with Crippen LogP contribution in [0.1, 0.15) is 45.2 Å². The monoisotopic (exact) mass is 266 g/mol. The highest BCUT2D eigenvalue weighted by atomic mass is 32.1. The van der Waals surface area contributed by atoms with Gasteiger partial charge in [-0.1, -0.05) is 0 Å². The van der Waals surface area contributed by atoms with Gasteiger partial charge in [-0.25, -0.2) is 4.79 Å². The lowest BCUT2D eigenvalue weighted by Crippen LogP contribution is -2.34. The number of ether oxygens (including phenoxy) is 1. The predicted octanol–water partition coefficient (Wildman–Crippen LogP) is 3.62. The van der Waals surface area contributed by atoms with Crippen molar-refractivity contribution in [3.05, 3.63) is 22.4 Å². The highest BCUT2D eigenvalue weighted by Crippen LogP contribution is 2.21. The van der Waals surface area contributed by atoms with Crippen molar-refractivity contribution in [1.82, 2.24) is 5.32 Å². The molecule has 0 spiro atoms. The summed E-state index contributed by atoms with van der Waals surface area (Å²) in [6, 6.07) is 3.88. The Labute approximate surface area is 112 Å². The maximum atomic E-state index is 11.7. The van der Waals surface area contributed by atoms with Crippen LogP contribution in [-0.2, 0) is 4.74 Å². The van der Waals surface area contributed by atoms with Gasteiger partial charge < -0.3 is 10.1 Å². The number of nitriles is 1. The highest BCUT2D eigenvalue weighted by molar-refractivity contribution is 7.07. The quantitative estimate of drug-likeness (QED) is 0.905. The van der Waals surface area contributed by atoms with E-state index in [1.807, 2.05) is 37.6 Å². The van der Waals surface area contributed by atoms with E-state index in [-0.39, 0.29) is 6.04 Å². The van der Waals surface area contributed by atoms with Crippen molar-refractivity contribution in [3.8, 4) is 6.07 Å². The van der Waals surface area contributed by atoms with Crippen LogP contribution in [0.4, 0.5) is 4.79 Å². The number of hydrogen-bond donors (Lipinski definition) is 1. The van der Waals surface area contributed by atoms with E-state index in [1.54, 1.807) is 11.3 Å². The van der Waals surface area contributed by atoms with Gasteiger partial charge in [-0.2, -0.15) is 16.6 Å². The minimum Gasteiger partial charge on any atom is -0.444 e. The first-order valence-electron chi connectivity index (χ1n) is 5.81. The Kier molecular flexibility index (Phi) is 5.17. The van der Waals surface area contributed by atoms with Gasteiger partial charge in [-0.05, 0) is 49.6 Å². The average Bonchev–Trinajstić information content (AvgIpc) is 2.74. The minimum absolute atomic E-state index is 0.161. The SMILES string of the molecule is CC(C)(C)OC(=O)NC(CCC#N)c1ccsc1. The van der Waals surface area contributed by atoms with E-state index in [4.69, 9.17) is 10.00 Å². The van der Waals surface area contributed by atoms with E-state index >= 15 is 0 Å². The van der Waals surface area contributed by atoms with Crippen LogP contribution in [0.2, 0.25) is 0 Å². The molecule has 4 nitrogen and oxygen atoms in total. The number of hydrogen-bond acceptors (Lipinski definition) is 4. The molecular weight excluding hydrogens is 248 g/mol. The molecule has 0 radical (unpaired) electrons. The van der Waals surface area contributed by atoms with Crippen LogP contribution >= 0.6 is 11.3 Å². The Hall–Kier alpha value is -1.54. The van der Waals surface area contributed by atoms with Crippen LogP contribution in [0.5, 0.6) is 0 Å². The maximum Gasteiger partial charge on any atom is 0.408 e. The van der Waals surface area contributed by atoms with E-state index in [0.29, 0.717) is 12.8 Å². The number of carbonyl (C=O) groups is 1. The van der Waals surface area contributed by atoms with Crippen LogP contribution in [0.3, 0.4) is 0 Å². The summed E-state index contributed by atoms with van der Waals surface area (Å²) in [7, 11) is 0. The molecule has 1 atom stereocenters. The van der Waals surface area contributed by atoms with Gasteiger partial charge in [0, 0.05) is 6.42 Å².